The van der Waals surface area contributed by atoms with E-state index in [1.54, 1.807) is 0 Å². The molecule has 1 atom stereocenters. The zero-order chi connectivity index (χ0) is 12.9. The molecule has 0 spiro atoms. The number of aromatic nitrogens is 2. The monoisotopic (exact) mass is 239 g/mol. The summed E-state index contributed by atoms with van der Waals surface area (Å²) >= 11 is 0. The Balaban J connectivity index is 2.65. The normalized spacial score (nSPS) is 13.9. The molecule has 1 aromatic rings. The fourth-order valence-corrected chi connectivity index (χ4v) is 1.66. The smallest absolute Gasteiger partial charge is 0.233 e. The van der Waals surface area contributed by atoms with Gasteiger partial charge in [-0.2, -0.15) is 0 Å². The molecule has 0 fully saturated rings. The van der Waals surface area contributed by atoms with Crippen molar-refractivity contribution in [2.45, 2.75) is 59.9 Å². The van der Waals surface area contributed by atoms with Gasteiger partial charge >= 0.3 is 0 Å². The Morgan fingerprint density at radius 3 is 2.47 bits per heavy atom. The molecule has 0 amide bonds. The quantitative estimate of drug-likeness (QED) is 0.828. The Bertz CT molecular complexity index is 328. The summed E-state index contributed by atoms with van der Waals surface area (Å²) in [7, 11) is 0. The number of hydrogen-bond acceptors (Lipinski definition) is 4. The highest BCUT2D eigenvalue weighted by atomic mass is 16.4. The van der Waals surface area contributed by atoms with Crippen molar-refractivity contribution in [1.82, 2.24) is 15.5 Å². The lowest BCUT2D eigenvalue weighted by Gasteiger charge is -2.15. The van der Waals surface area contributed by atoms with E-state index in [1.807, 2.05) is 0 Å². The third-order valence-electron chi connectivity index (χ3n) is 2.51. The Hall–Kier alpha value is -0.900. The van der Waals surface area contributed by atoms with Crippen molar-refractivity contribution in [3.8, 4) is 0 Å². The molecule has 1 aromatic heterocycles. The van der Waals surface area contributed by atoms with E-state index in [2.05, 4.69) is 50.1 Å². The minimum atomic E-state index is 0.183. The Morgan fingerprint density at radius 2 is 1.94 bits per heavy atom. The van der Waals surface area contributed by atoms with Gasteiger partial charge in [0, 0.05) is 6.42 Å². The van der Waals surface area contributed by atoms with E-state index in [0.29, 0.717) is 0 Å². The van der Waals surface area contributed by atoms with Crippen LogP contribution in [0.25, 0.3) is 0 Å². The molecular weight excluding hydrogens is 214 g/mol. The third kappa shape index (κ3) is 4.86. The van der Waals surface area contributed by atoms with Crippen LogP contribution in [0.3, 0.4) is 0 Å². The van der Waals surface area contributed by atoms with Crippen molar-refractivity contribution < 1.29 is 4.42 Å². The Kier molecular flexibility index (Phi) is 5.12. The fourth-order valence-electron chi connectivity index (χ4n) is 1.66. The molecule has 4 nitrogen and oxygen atoms in total. The lowest BCUT2D eigenvalue weighted by molar-refractivity contribution is 0.325. The highest BCUT2D eigenvalue weighted by molar-refractivity contribution is 4.91. The first-order valence-corrected chi connectivity index (χ1v) is 6.52. The maximum atomic E-state index is 5.73. The number of nitrogens with zero attached hydrogens (tertiary/aromatic N) is 2. The van der Waals surface area contributed by atoms with Gasteiger partial charge in [0.2, 0.25) is 11.8 Å². The van der Waals surface area contributed by atoms with Crippen molar-refractivity contribution in [3.63, 3.8) is 0 Å². The van der Waals surface area contributed by atoms with Crippen molar-refractivity contribution in [3.05, 3.63) is 11.8 Å². The first-order chi connectivity index (χ1) is 7.96. The summed E-state index contributed by atoms with van der Waals surface area (Å²) in [6, 6.07) is 0.191. The maximum absolute atomic E-state index is 5.73. The number of hydrogen-bond donors (Lipinski definition) is 1. The first-order valence-electron chi connectivity index (χ1n) is 6.52. The second-order valence-electron chi connectivity index (χ2n) is 5.69. The van der Waals surface area contributed by atoms with Gasteiger partial charge in [0.1, 0.15) is 0 Å². The molecule has 1 N–H and O–H groups in total. The molecule has 0 bridgehead atoms. The molecular formula is C13H25N3O. The molecule has 0 radical (unpaired) electrons. The summed E-state index contributed by atoms with van der Waals surface area (Å²) in [5.41, 5.74) is 0.183. The molecule has 0 aromatic carbocycles. The van der Waals surface area contributed by atoms with Crippen LogP contribution in [0.4, 0.5) is 0 Å². The molecule has 98 valence electrons. The summed E-state index contributed by atoms with van der Waals surface area (Å²) in [6.45, 7) is 11.8. The van der Waals surface area contributed by atoms with Crippen LogP contribution >= 0.6 is 0 Å². The highest BCUT2D eigenvalue weighted by Crippen LogP contribution is 2.22. The maximum Gasteiger partial charge on any atom is 0.233 e. The van der Waals surface area contributed by atoms with Crippen LogP contribution in [0.2, 0.25) is 0 Å². The average molecular weight is 239 g/mol. The minimum absolute atomic E-state index is 0.183. The zero-order valence-corrected chi connectivity index (χ0v) is 11.7. The third-order valence-corrected chi connectivity index (χ3v) is 2.51. The average Bonchev–Trinajstić information content (AvgIpc) is 2.65. The van der Waals surface area contributed by atoms with Gasteiger partial charge in [-0.05, 0) is 24.8 Å². The fraction of sp³-hybridized carbons (Fsp3) is 0.846. The summed E-state index contributed by atoms with van der Waals surface area (Å²) in [5.74, 6) is 1.46. The standard InChI is InChI=1S/C13H25N3O/c1-6-8-14-10(7-2)12-16-15-11(17-12)9-13(3,4)5/h10,14H,6-9H2,1-5H3. The molecule has 0 saturated heterocycles. The van der Waals surface area contributed by atoms with E-state index in [-0.39, 0.29) is 11.5 Å². The van der Waals surface area contributed by atoms with Crippen molar-refractivity contribution in [1.29, 1.82) is 0 Å². The van der Waals surface area contributed by atoms with Crippen molar-refractivity contribution in [2.24, 2.45) is 5.41 Å². The molecule has 1 heterocycles. The summed E-state index contributed by atoms with van der Waals surface area (Å²) in [5, 5.41) is 11.7. The lowest BCUT2D eigenvalue weighted by atomic mass is 9.92. The van der Waals surface area contributed by atoms with Crippen LogP contribution in [-0.2, 0) is 6.42 Å². The van der Waals surface area contributed by atoms with Crippen molar-refractivity contribution in [2.75, 3.05) is 6.54 Å². The van der Waals surface area contributed by atoms with E-state index < -0.39 is 0 Å². The van der Waals surface area contributed by atoms with Gasteiger partial charge in [-0.1, -0.05) is 34.6 Å². The van der Waals surface area contributed by atoms with Gasteiger partial charge in [0.15, 0.2) is 0 Å². The molecule has 1 unspecified atom stereocenters. The number of nitrogens with one attached hydrogen (secondary N) is 1. The van der Waals surface area contributed by atoms with Gasteiger partial charge in [-0.3, -0.25) is 0 Å². The summed E-state index contributed by atoms with van der Waals surface area (Å²) in [6.07, 6.45) is 2.90. The van der Waals surface area contributed by atoms with Gasteiger partial charge in [-0.15, -0.1) is 10.2 Å². The predicted octanol–water partition coefficient (Wildman–Crippen LogP) is 3.11. The lowest BCUT2D eigenvalue weighted by Crippen LogP contribution is -2.21. The highest BCUT2D eigenvalue weighted by Gasteiger charge is 2.19. The molecule has 0 aliphatic carbocycles. The van der Waals surface area contributed by atoms with Crippen LogP contribution in [0.5, 0.6) is 0 Å². The summed E-state index contributed by atoms with van der Waals surface area (Å²) in [4.78, 5) is 0. The van der Waals surface area contributed by atoms with E-state index in [4.69, 9.17) is 4.42 Å². The van der Waals surface area contributed by atoms with Crippen LogP contribution in [0, 0.1) is 5.41 Å². The van der Waals surface area contributed by atoms with Crippen molar-refractivity contribution >= 4 is 0 Å². The molecule has 1 rings (SSSR count). The minimum Gasteiger partial charge on any atom is -0.424 e. The SMILES string of the molecule is CCCNC(CC)c1nnc(CC(C)(C)C)o1. The van der Waals surface area contributed by atoms with Crippen LogP contribution in [0.1, 0.15) is 65.3 Å². The first kappa shape index (κ1) is 14.2. The summed E-state index contributed by atoms with van der Waals surface area (Å²) < 4.78 is 5.73. The predicted molar refractivity (Wildman–Crippen MR) is 68.8 cm³/mol. The van der Waals surface area contributed by atoms with Gasteiger partial charge in [-0.25, -0.2) is 0 Å². The Morgan fingerprint density at radius 1 is 1.24 bits per heavy atom. The van der Waals surface area contributed by atoms with E-state index >= 15 is 0 Å². The van der Waals surface area contributed by atoms with Crippen LogP contribution in [0.15, 0.2) is 4.42 Å². The molecule has 0 saturated carbocycles. The van der Waals surface area contributed by atoms with E-state index in [0.717, 1.165) is 37.6 Å². The topological polar surface area (TPSA) is 51.0 Å². The molecule has 17 heavy (non-hydrogen) atoms. The zero-order valence-electron chi connectivity index (χ0n) is 11.7. The second-order valence-corrected chi connectivity index (χ2v) is 5.69. The Labute approximate surface area is 104 Å². The molecule has 4 heteroatoms. The van der Waals surface area contributed by atoms with Gasteiger partial charge in [0.05, 0.1) is 6.04 Å². The van der Waals surface area contributed by atoms with E-state index in [1.165, 1.54) is 0 Å². The second kappa shape index (κ2) is 6.15. The van der Waals surface area contributed by atoms with Crippen LogP contribution < -0.4 is 5.32 Å². The largest absolute Gasteiger partial charge is 0.424 e. The van der Waals surface area contributed by atoms with Gasteiger partial charge < -0.3 is 9.73 Å². The molecule has 0 aliphatic rings. The number of rotatable bonds is 6. The van der Waals surface area contributed by atoms with E-state index in [9.17, 15) is 0 Å². The van der Waals surface area contributed by atoms with Gasteiger partial charge in [0.25, 0.3) is 0 Å². The van der Waals surface area contributed by atoms with Crippen LogP contribution in [-0.4, -0.2) is 16.7 Å². The molecule has 0 aliphatic heterocycles.